The summed E-state index contributed by atoms with van der Waals surface area (Å²) >= 11 is 6.09. The third-order valence-electron chi connectivity index (χ3n) is 4.28. The molecular formula is C19H18ClNO5. The fourth-order valence-electron chi connectivity index (χ4n) is 2.65. The minimum Gasteiger partial charge on any atom is -0.454 e. The van der Waals surface area contributed by atoms with Gasteiger partial charge in [0, 0.05) is 30.1 Å². The number of rotatable bonds is 5. The number of carbonyl (C=O) groups excluding carboxylic acids is 2. The highest BCUT2D eigenvalue weighted by Crippen LogP contribution is 2.40. The summed E-state index contributed by atoms with van der Waals surface area (Å²) in [5.41, 5.74) is 3.03. The van der Waals surface area contributed by atoms with E-state index in [0.29, 0.717) is 27.6 Å². The van der Waals surface area contributed by atoms with E-state index in [1.54, 1.807) is 24.3 Å². The highest BCUT2D eigenvalue weighted by Gasteiger charge is 2.18. The maximum atomic E-state index is 12.2. The molecule has 7 heteroatoms. The number of ketones is 1. The van der Waals surface area contributed by atoms with E-state index in [4.69, 9.17) is 25.8 Å². The first-order valence-corrected chi connectivity index (χ1v) is 8.34. The first-order valence-electron chi connectivity index (χ1n) is 7.97. The summed E-state index contributed by atoms with van der Waals surface area (Å²) in [6.07, 6.45) is 2.78. The monoisotopic (exact) mass is 375 g/mol. The Balaban J connectivity index is 1.60. The molecule has 0 amide bonds. The van der Waals surface area contributed by atoms with E-state index in [1.807, 2.05) is 25.5 Å². The molecule has 26 heavy (non-hydrogen) atoms. The van der Waals surface area contributed by atoms with Crippen LogP contribution in [0.4, 0.5) is 0 Å². The fraction of sp³-hybridized carbons (Fsp3) is 0.263. The molecule has 1 aromatic carbocycles. The summed E-state index contributed by atoms with van der Waals surface area (Å²) in [5, 5.41) is 0.401. The number of Topliss-reactive ketones (excluding diaryl/α,β-unsaturated/α-hetero) is 1. The maximum absolute atomic E-state index is 12.2. The number of benzene rings is 1. The Morgan fingerprint density at radius 3 is 2.73 bits per heavy atom. The van der Waals surface area contributed by atoms with Crippen LogP contribution in [-0.2, 0) is 16.6 Å². The zero-order chi connectivity index (χ0) is 18.8. The van der Waals surface area contributed by atoms with Gasteiger partial charge in [-0.05, 0) is 43.7 Å². The minimum atomic E-state index is -0.613. The molecule has 0 N–H and O–H groups in total. The second-order valence-corrected chi connectivity index (χ2v) is 6.35. The smallest absolute Gasteiger partial charge is 0.331 e. The molecule has 0 atom stereocenters. The van der Waals surface area contributed by atoms with E-state index in [-0.39, 0.29) is 19.2 Å². The van der Waals surface area contributed by atoms with Gasteiger partial charge in [0.1, 0.15) is 0 Å². The van der Waals surface area contributed by atoms with Gasteiger partial charge < -0.3 is 18.8 Å². The van der Waals surface area contributed by atoms with E-state index in [0.717, 1.165) is 11.4 Å². The van der Waals surface area contributed by atoms with E-state index < -0.39 is 5.97 Å². The number of carbonyl (C=O) groups is 2. The summed E-state index contributed by atoms with van der Waals surface area (Å²) in [4.78, 5) is 24.1. The lowest BCUT2D eigenvalue weighted by atomic mass is 10.1. The Labute approximate surface area is 155 Å². The molecule has 0 saturated carbocycles. The lowest BCUT2D eigenvalue weighted by Crippen LogP contribution is -2.13. The van der Waals surface area contributed by atoms with Crippen LogP contribution in [0.25, 0.3) is 6.08 Å². The second kappa shape index (κ2) is 7.25. The van der Waals surface area contributed by atoms with Crippen LogP contribution in [0.2, 0.25) is 5.02 Å². The maximum Gasteiger partial charge on any atom is 0.331 e. The molecule has 136 valence electrons. The van der Waals surface area contributed by atoms with Gasteiger partial charge in [0.05, 0.1) is 5.02 Å². The van der Waals surface area contributed by atoms with Crippen molar-refractivity contribution in [3.8, 4) is 11.5 Å². The molecule has 0 spiro atoms. The highest BCUT2D eigenvalue weighted by atomic mass is 35.5. The van der Waals surface area contributed by atoms with Gasteiger partial charge in [-0.3, -0.25) is 4.79 Å². The first-order chi connectivity index (χ1) is 12.4. The molecule has 0 fully saturated rings. The molecule has 2 aromatic rings. The van der Waals surface area contributed by atoms with Gasteiger partial charge in [-0.25, -0.2) is 4.79 Å². The number of hydrogen-bond acceptors (Lipinski definition) is 5. The molecule has 0 radical (unpaired) electrons. The lowest BCUT2D eigenvalue weighted by Gasteiger charge is -2.03. The first kappa shape index (κ1) is 18.1. The van der Waals surface area contributed by atoms with Crippen LogP contribution < -0.4 is 9.47 Å². The van der Waals surface area contributed by atoms with Gasteiger partial charge in [-0.1, -0.05) is 11.6 Å². The van der Waals surface area contributed by atoms with Gasteiger partial charge in [0.2, 0.25) is 12.6 Å². The average molecular weight is 376 g/mol. The van der Waals surface area contributed by atoms with Crippen molar-refractivity contribution in [1.82, 2.24) is 4.57 Å². The second-order valence-electron chi connectivity index (χ2n) is 5.94. The van der Waals surface area contributed by atoms with Crippen molar-refractivity contribution in [2.24, 2.45) is 7.05 Å². The third kappa shape index (κ3) is 3.60. The average Bonchev–Trinajstić information content (AvgIpc) is 3.18. The molecule has 1 aliphatic heterocycles. The van der Waals surface area contributed by atoms with Gasteiger partial charge in [0.25, 0.3) is 0 Å². The number of nitrogens with zero attached hydrogens (tertiary/aromatic N) is 1. The van der Waals surface area contributed by atoms with E-state index >= 15 is 0 Å². The number of fused-ring (bicyclic) bond motifs is 1. The SMILES string of the molecule is Cc1cc(C(=O)COC(=O)/C=C/c2cc(Cl)c3c(c2)OCO3)c(C)n1C. The van der Waals surface area contributed by atoms with Crippen LogP contribution in [-0.4, -0.2) is 29.7 Å². The van der Waals surface area contributed by atoms with Crippen LogP contribution in [0.1, 0.15) is 27.3 Å². The van der Waals surface area contributed by atoms with Crippen molar-refractivity contribution >= 4 is 29.4 Å². The largest absolute Gasteiger partial charge is 0.454 e. The molecule has 1 aromatic heterocycles. The van der Waals surface area contributed by atoms with Crippen molar-refractivity contribution < 1.29 is 23.8 Å². The number of ether oxygens (including phenoxy) is 3. The number of aryl methyl sites for hydroxylation is 1. The summed E-state index contributed by atoms with van der Waals surface area (Å²) < 4.78 is 17.5. The van der Waals surface area contributed by atoms with Crippen LogP contribution in [0.15, 0.2) is 24.3 Å². The van der Waals surface area contributed by atoms with Gasteiger partial charge in [-0.2, -0.15) is 0 Å². The van der Waals surface area contributed by atoms with Gasteiger partial charge in [-0.15, -0.1) is 0 Å². The van der Waals surface area contributed by atoms with E-state index in [1.165, 1.54) is 6.08 Å². The van der Waals surface area contributed by atoms with E-state index in [2.05, 4.69) is 0 Å². The fourth-order valence-corrected chi connectivity index (χ4v) is 2.92. The Bertz CT molecular complexity index is 913. The quantitative estimate of drug-likeness (QED) is 0.455. The van der Waals surface area contributed by atoms with E-state index in [9.17, 15) is 9.59 Å². The summed E-state index contributed by atoms with van der Waals surface area (Å²) in [5.74, 6) is 0.164. The topological polar surface area (TPSA) is 66.8 Å². The molecule has 6 nitrogen and oxygen atoms in total. The molecule has 0 saturated heterocycles. The van der Waals surface area contributed by atoms with Crippen LogP contribution in [0, 0.1) is 13.8 Å². The van der Waals surface area contributed by atoms with Gasteiger partial charge in [0.15, 0.2) is 18.1 Å². The predicted octanol–water partition coefficient (Wildman–Crippen LogP) is 3.46. The molecule has 0 unspecified atom stereocenters. The standard InChI is InChI=1S/C19H18ClNO5/c1-11-6-14(12(2)21(11)3)16(22)9-24-18(23)5-4-13-7-15(20)19-17(8-13)25-10-26-19/h4-8H,9-10H2,1-3H3/b5-4+. The number of hydrogen-bond donors (Lipinski definition) is 0. The van der Waals surface area contributed by atoms with Crippen molar-refractivity contribution in [3.05, 3.63) is 51.8 Å². The van der Waals surface area contributed by atoms with Crippen molar-refractivity contribution in [2.45, 2.75) is 13.8 Å². The number of aromatic nitrogens is 1. The minimum absolute atomic E-state index is 0.116. The van der Waals surface area contributed by atoms with Crippen LogP contribution in [0.5, 0.6) is 11.5 Å². The highest BCUT2D eigenvalue weighted by molar-refractivity contribution is 6.32. The normalized spacial score (nSPS) is 12.6. The lowest BCUT2D eigenvalue weighted by molar-refractivity contribution is -0.136. The molecule has 0 aliphatic carbocycles. The molecule has 0 bridgehead atoms. The van der Waals surface area contributed by atoms with Crippen molar-refractivity contribution in [2.75, 3.05) is 13.4 Å². The van der Waals surface area contributed by atoms with Gasteiger partial charge >= 0.3 is 5.97 Å². The summed E-state index contributed by atoms with van der Waals surface area (Å²) in [6, 6.07) is 5.15. The summed E-state index contributed by atoms with van der Waals surface area (Å²) in [6.45, 7) is 3.57. The Morgan fingerprint density at radius 2 is 2.04 bits per heavy atom. The number of esters is 1. The molecular weight excluding hydrogens is 358 g/mol. The third-order valence-corrected chi connectivity index (χ3v) is 4.56. The Hall–Kier alpha value is -2.73. The van der Waals surface area contributed by atoms with Crippen LogP contribution >= 0.6 is 11.6 Å². The Kier molecular flexibility index (Phi) is 5.04. The van der Waals surface area contributed by atoms with Crippen molar-refractivity contribution in [3.63, 3.8) is 0 Å². The van der Waals surface area contributed by atoms with Crippen LogP contribution in [0.3, 0.4) is 0 Å². The zero-order valence-electron chi connectivity index (χ0n) is 14.7. The van der Waals surface area contributed by atoms with Crippen molar-refractivity contribution in [1.29, 1.82) is 0 Å². The molecule has 1 aliphatic rings. The number of halogens is 1. The zero-order valence-corrected chi connectivity index (χ0v) is 15.4. The predicted molar refractivity (Wildman–Crippen MR) is 96.8 cm³/mol. The summed E-state index contributed by atoms with van der Waals surface area (Å²) in [7, 11) is 1.88. The Morgan fingerprint density at radius 1 is 1.27 bits per heavy atom. The molecule has 2 heterocycles. The molecule has 3 rings (SSSR count).